The summed E-state index contributed by atoms with van der Waals surface area (Å²) in [6.45, 7) is 3.27. The Bertz CT molecular complexity index is 1890. The number of benzene rings is 4. The van der Waals surface area contributed by atoms with Crippen molar-refractivity contribution in [2.45, 2.75) is 31.8 Å². The van der Waals surface area contributed by atoms with Crippen molar-refractivity contribution in [1.29, 1.82) is 5.26 Å². The van der Waals surface area contributed by atoms with Crippen LogP contribution >= 0.6 is 0 Å². The highest BCUT2D eigenvalue weighted by molar-refractivity contribution is 6.27. The average molecular weight is 604 g/mol. The maximum atomic E-state index is 14.6. The van der Waals surface area contributed by atoms with Crippen LogP contribution in [0, 0.1) is 17.1 Å². The van der Waals surface area contributed by atoms with Crippen LogP contribution in [0.25, 0.3) is 10.8 Å². The lowest BCUT2D eigenvalue weighted by Crippen LogP contribution is -2.53. The molecule has 1 atom stereocenters. The first-order valence-electron chi connectivity index (χ1n) is 15.0. The number of nitrogens with one attached hydrogen (secondary N) is 1. The predicted octanol–water partition coefficient (Wildman–Crippen LogP) is 4.23. The van der Waals surface area contributed by atoms with Crippen molar-refractivity contribution in [3.63, 3.8) is 0 Å². The number of nitrogens with zero attached hydrogens (tertiary/aromatic N) is 4. The van der Waals surface area contributed by atoms with Gasteiger partial charge in [0.05, 0.1) is 17.3 Å². The molecule has 2 N–H and O–H groups in total. The van der Waals surface area contributed by atoms with E-state index in [0.717, 1.165) is 40.1 Å². The second-order valence-electron chi connectivity index (χ2n) is 11.8. The number of carbonyl (C=O) groups is 3. The van der Waals surface area contributed by atoms with Gasteiger partial charge in [0.2, 0.25) is 11.8 Å². The molecule has 3 amide bonds. The molecule has 2 fully saturated rings. The third-order valence-corrected chi connectivity index (χ3v) is 9.02. The molecule has 9 nitrogen and oxygen atoms in total. The van der Waals surface area contributed by atoms with Crippen molar-refractivity contribution < 1.29 is 23.9 Å². The molecule has 0 bridgehead atoms. The molecule has 4 aromatic carbocycles. The normalized spacial score (nSPS) is 18.4. The number of hydrogen-bond donors (Lipinski definition) is 2. The van der Waals surface area contributed by atoms with Crippen LogP contribution in [0.3, 0.4) is 0 Å². The molecule has 4 aromatic rings. The van der Waals surface area contributed by atoms with Gasteiger partial charge in [-0.05, 0) is 53.1 Å². The smallest absolute Gasteiger partial charge is 0.259 e. The average Bonchev–Trinajstić information content (AvgIpc) is 3.32. The molecular formula is C35H30FN5O4. The van der Waals surface area contributed by atoms with E-state index in [9.17, 15) is 23.9 Å². The predicted molar refractivity (Wildman–Crippen MR) is 166 cm³/mol. The van der Waals surface area contributed by atoms with Crippen LogP contribution < -0.4 is 15.1 Å². The molecule has 0 aromatic heterocycles. The summed E-state index contributed by atoms with van der Waals surface area (Å²) in [5.74, 6) is -1.77. The summed E-state index contributed by atoms with van der Waals surface area (Å²) >= 11 is 0. The summed E-state index contributed by atoms with van der Waals surface area (Å²) in [6, 6.07) is 21.7. The topological polar surface area (TPSA) is 117 Å². The number of amides is 3. The Kier molecular flexibility index (Phi) is 7.18. The number of nitriles is 1. The zero-order valence-corrected chi connectivity index (χ0v) is 24.4. The van der Waals surface area contributed by atoms with Crippen molar-refractivity contribution in [1.82, 2.24) is 10.2 Å². The maximum Gasteiger partial charge on any atom is 0.259 e. The van der Waals surface area contributed by atoms with Crippen LogP contribution in [-0.4, -0.2) is 59.9 Å². The number of halogens is 1. The minimum atomic E-state index is -0.712. The van der Waals surface area contributed by atoms with Crippen molar-refractivity contribution in [2.24, 2.45) is 0 Å². The first-order chi connectivity index (χ1) is 21.8. The lowest BCUT2D eigenvalue weighted by Gasteiger charge is -2.36. The number of aromatic hydroxyl groups is 1. The number of phenols is 1. The number of phenolic OH excluding ortho intramolecular Hbond substituents is 1. The standard InChI is InChI=1S/C35H30FN5O4/c36-27-17-23(19-37)18-30(42)33(27)40-14-12-39(13-15-40)20-22-6-4-21(5-7-22)16-24-8-9-28-32-25(24)2-1-3-26(32)35(45)41(28)29-10-11-31(43)38-34(29)44/h1-9,17-18,29,42H,10-16,20H2,(H,38,43,44). The molecular weight excluding hydrogens is 573 g/mol. The first kappa shape index (κ1) is 28.5. The number of piperidine rings is 1. The largest absolute Gasteiger partial charge is 0.506 e. The van der Waals surface area contributed by atoms with Crippen LogP contribution in [0.2, 0.25) is 0 Å². The van der Waals surface area contributed by atoms with E-state index in [2.05, 4.69) is 34.5 Å². The number of carbonyl (C=O) groups excluding carboxylic acids is 3. The van der Waals surface area contributed by atoms with Crippen molar-refractivity contribution in [3.05, 3.63) is 100 Å². The molecule has 3 aliphatic heterocycles. The summed E-state index contributed by atoms with van der Waals surface area (Å²) in [7, 11) is 0. The summed E-state index contributed by atoms with van der Waals surface area (Å²) in [6.07, 6.45) is 1.17. The van der Waals surface area contributed by atoms with Crippen molar-refractivity contribution in [3.8, 4) is 11.8 Å². The molecule has 3 aliphatic rings. The van der Waals surface area contributed by atoms with Crippen LogP contribution in [0.4, 0.5) is 15.8 Å². The summed E-state index contributed by atoms with van der Waals surface area (Å²) in [5, 5.41) is 23.5. The van der Waals surface area contributed by atoms with Gasteiger partial charge in [0.15, 0.2) is 5.82 Å². The zero-order chi connectivity index (χ0) is 31.2. The highest BCUT2D eigenvalue weighted by Crippen LogP contribution is 2.41. The molecule has 0 spiro atoms. The highest BCUT2D eigenvalue weighted by atomic mass is 19.1. The van der Waals surface area contributed by atoms with Crippen LogP contribution in [-0.2, 0) is 22.6 Å². The van der Waals surface area contributed by atoms with Gasteiger partial charge in [0, 0.05) is 56.2 Å². The Morgan fingerprint density at radius 3 is 2.42 bits per heavy atom. The minimum Gasteiger partial charge on any atom is -0.506 e. The fraction of sp³-hybridized carbons (Fsp3) is 0.257. The Morgan fingerprint density at radius 2 is 1.71 bits per heavy atom. The summed E-state index contributed by atoms with van der Waals surface area (Å²) in [4.78, 5) is 43.4. The monoisotopic (exact) mass is 603 g/mol. The van der Waals surface area contributed by atoms with E-state index in [1.165, 1.54) is 6.07 Å². The lowest BCUT2D eigenvalue weighted by atomic mass is 9.95. The van der Waals surface area contributed by atoms with E-state index in [-0.39, 0.29) is 35.2 Å². The van der Waals surface area contributed by atoms with Gasteiger partial charge in [-0.15, -0.1) is 0 Å². The van der Waals surface area contributed by atoms with E-state index in [4.69, 9.17) is 5.26 Å². The Morgan fingerprint density at radius 1 is 0.956 bits per heavy atom. The molecule has 0 saturated carbocycles. The van der Waals surface area contributed by atoms with E-state index >= 15 is 0 Å². The van der Waals surface area contributed by atoms with Gasteiger partial charge in [-0.3, -0.25) is 29.5 Å². The Hall–Kier alpha value is -5.27. The molecule has 3 heterocycles. The van der Waals surface area contributed by atoms with Crippen molar-refractivity contribution in [2.75, 3.05) is 36.0 Å². The second-order valence-corrected chi connectivity index (χ2v) is 11.8. The number of rotatable bonds is 6. The van der Waals surface area contributed by atoms with Gasteiger partial charge < -0.3 is 10.0 Å². The fourth-order valence-electron chi connectivity index (χ4n) is 6.79. The van der Waals surface area contributed by atoms with Crippen molar-refractivity contribution >= 4 is 39.9 Å². The third kappa shape index (κ3) is 5.15. The third-order valence-electron chi connectivity index (χ3n) is 9.02. The number of imide groups is 1. The molecule has 0 radical (unpaired) electrons. The SMILES string of the molecule is N#Cc1cc(O)c(N2CCN(Cc3ccc(Cc4ccc5c6c(cccc46)C(=O)N5C4CCC(=O)NC4=O)cc3)CC2)c(F)c1. The van der Waals surface area contributed by atoms with Crippen LogP contribution in [0.15, 0.2) is 66.7 Å². The van der Waals surface area contributed by atoms with E-state index in [1.54, 1.807) is 11.0 Å². The molecule has 0 aliphatic carbocycles. The van der Waals surface area contributed by atoms with Gasteiger partial charge in [0.1, 0.15) is 17.5 Å². The first-order valence-corrected chi connectivity index (χ1v) is 15.0. The minimum absolute atomic E-state index is 0.0935. The Balaban J connectivity index is 1.03. The molecule has 7 rings (SSSR count). The quantitative estimate of drug-likeness (QED) is 0.317. The molecule has 226 valence electrons. The second kappa shape index (κ2) is 11.3. The highest BCUT2D eigenvalue weighted by Gasteiger charge is 2.40. The summed E-state index contributed by atoms with van der Waals surface area (Å²) in [5.41, 5.74) is 4.88. The number of piperazine rings is 1. The number of hydrogen-bond acceptors (Lipinski definition) is 7. The maximum absolute atomic E-state index is 14.6. The van der Waals surface area contributed by atoms with Gasteiger partial charge in [-0.1, -0.05) is 42.5 Å². The van der Waals surface area contributed by atoms with Crippen LogP contribution in [0.5, 0.6) is 5.75 Å². The number of anilines is 2. The van der Waals surface area contributed by atoms with Gasteiger partial charge >= 0.3 is 0 Å². The van der Waals surface area contributed by atoms with Crippen LogP contribution in [0.1, 0.15) is 45.5 Å². The zero-order valence-electron chi connectivity index (χ0n) is 24.4. The van der Waals surface area contributed by atoms with Gasteiger partial charge in [0.25, 0.3) is 5.91 Å². The molecule has 10 heteroatoms. The van der Waals surface area contributed by atoms with E-state index in [0.29, 0.717) is 50.3 Å². The lowest BCUT2D eigenvalue weighted by molar-refractivity contribution is -0.134. The van der Waals surface area contributed by atoms with E-state index in [1.807, 2.05) is 35.2 Å². The fourth-order valence-corrected chi connectivity index (χ4v) is 6.79. The Labute approximate surface area is 259 Å². The summed E-state index contributed by atoms with van der Waals surface area (Å²) < 4.78 is 14.6. The van der Waals surface area contributed by atoms with Gasteiger partial charge in [-0.25, -0.2) is 4.39 Å². The molecule has 2 saturated heterocycles. The molecule has 1 unspecified atom stereocenters. The molecule has 45 heavy (non-hydrogen) atoms. The van der Waals surface area contributed by atoms with Gasteiger partial charge in [-0.2, -0.15) is 5.26 Å². The van der Waals surface area contributed by atoms with E-state index < -0.39 is 17.8 Å².